The van der Waals surface area contributed by atoms with Gasteiger partial charge in [-0.1, -0.05) is 64.4 Å². The van der Waals surface area contributed by atoms with Crippen molar-refractivity contribution in [2.24, 2.45) is 15.9 Å². The Labute approximate surface area is 190 Å². The van der Waals surface area contributed by atoms with Crippen LogP contribution in [0.5, 0.6) is 0 Å². The molecule has 1 aliphatic heterocycles. The highest BCUT2D eigenvalue weighted by atomic mass is 79.9. The zero-order valence-electron chi connectivity index (χ0n) is 17.3. The first-order valence-corrected chi connectivity index (χ1v) is 12.2. The second-order valence-corrected chi connectivity index (χ2v) is 10.1. The van der Waals surface area contributed by atoms with Gasteiger partial charge in [0.1, 0.15) is 5.04 Å². The van der Waals surface area contributed by atoms with Gasteiger partial charge in [-0.3, -0.25) is 9.79 Å². The van der Waals surface area contributed by atoms with E-state index < -0.39 is 0 Å². The Morgan fingerprint density at radius 2 is 1.77 bits per heavy atom. The van der Waals surface area contributed by atoms with Crippen molar-refractivity contribution in [3.05, 3.63) is 64.1 Å². The zero-order chi connectivity index (χ0) is 21.1. The Morgan fingerprint density at radius 3 is 2.43 bits per heavy atom. The van der Waals surface area contributed by atoms with E-state index in [0.29, 0.717) is 5.75 Å². The maximum absolute atomic E-state index is 12.5. The molecular weight excluding hydrogens is 458 g/mol. The third-order valence-electron chi connectivity index (χ3n) is 5.70. The molecule has 4 nitrogen and oxygen atoms in total. The van der Waals surface area contributed by atoms with Gasteiger partial charge in [0.2, 0.25) is 5.91 Å². The standard InChI is InChI=1S/C24H26BrN3OS/c1-16-3-9-20(10-4-16)26-21(29)15-30-23-22(18-5-7-19(25)8-6-18)27-24(28-23)13-11-17(2)12-14-24/h3-10,17H,11-15H2,1-2H3,(H,26,29). The topological polar surface area (TPSA) is 53.8 Å². The van der Waals surface area contributed by atoms with E-state index in [9.17, 15) is 4.79 Å². The Morgan fingerprint density at radius 1 is 1.10 bits per heavy atom. The molecule has 0 bridgehead atoms. The van der Waals surface area contributed by atoms with Crippen LogP contribution in [0.4, 0.5) is 5.69 Å². The molecule has 4 rings (SSSR count). The van der Waals surface area contributed by atoms with Crippen LogP contribution in [0.15, 0.2) is 63.0 Å². The number of thioether (sulfide) groups is 1. The summed E-state index contributed by atoms with van der Waals surface area (Å²) in [6.45, 7) is 4.33. The summed E-state index contributed by atoms with van der Waals surface area (Å²) in [5.74, 6) is 1.02. The number of hydrogen-bond acceptors (Lipinski definition) is 4. The number of amides is 1. The average molecular weight is 484 g/mol. The molecule has 1 fully saturated rings. The number of benzene rings is 2. The van der Waals surface area contributed by atoms with Gasteiger partial charge in [0, 0.05) is 15.7 Å². The summed E-state index contributed by atoms with van der Waals surface area (Å²) in [4.78, 5) is 22.7. The molecule has 30 heavy (non-hydrogen) atoms. The van der Waals surface area contributed by atoms with Crippen molar-refractivity contribution in [1.29, 1.82) is 0 Å². The fraction of sp³-hybridized carbons (Fsp3) is 0.375. The first kappa shape index (κ1) is 21.3. The average Bonchev–Trinajstić information content (AvgIpc) is 3.09. The van der Waals surface area contributed by atoms with Crippen LogP contribution in [-0.4, -0.2) is 28.1 Å². The van der Waals surface area contributed by atoms with E-state index >= 15 is 0 Å². The molecule has 156 valence electrons. The van der Waals surface area contributed by atoms with Gasteiger partial charge in [-0.2, -0.15) is 0 Å². The van der Waals surface area contributed by atoms with Gasteiger partial charge in [0.25, 0.3) is 0 Å². The molecule has 0 radical (unpaired) electrons. The Balaban J connectivity index is 1.50. The van der Waals surface area contributed by atoms with E-state index in [2.05, 4.69) is 40.3 Å². The van der Waals surface area contributed by atoms with Crippen LogP contribution in [0.25, 0.3) is 0 Å². The molecule has 1 saturated carbocycles. The minimum absolute atomic E-state index is 0.0278. The molecule has 2 aromatic rings. The number of nitrogens with zero attached hydrogens (tertiary/aromatic N) is 2. The van der Waals surface area contributed by atoms with Crippen molar-refractivity contribution < 1.29 is 4.79 Å². The van der Waals surface area contributed by atoms with Crippen LogP contribution < -0.4 is 5.32 Å². The minimum atomic E-state index is -0.343. The molecule has 1 N–H and O–H groups in total. The van der Waals surface area contributed by atoms with Crippen molar-refractivity contribution in [1.82, 2.24) is 0 Å². The molecule has 2 aliphatic rings. The van der Waals surface area contributed by atoms with E-state index in [1.54, 1.807) is 0 Å². The van der Waals surface area contributed by atoms with E-state index in [4.69, 9.17) is 9.98 Å². The number of carbonyl (C=O) groups excluding carboxylic acids is 1. The summed E-state index contributed by atoms with van der Waals surface area (Å²) in [5, 5.41) is 3.85. The SMILES string of the molecule is Cc1ccc(NC(=O)CSC2=NC3(CCC(C)CC3)N=C2c2ccc(Br)cc2)cc1. The Hall–Kier alpha value is -1.92. The predicted octanol–water partition coefficient (Wildman–Crippen LogP) is 6.24. The van der Waals surface area contributed by atoms with Crippen LogP contribution in [0, 0.1) is 12.8 Å². The van der Waals surface area contributed by atoms with Crippen LogP contribution in [0.1, 0.15) is 43.7 Å². The third-order valence-corrected chi connectivity index (χ3v) is 7.19. The molecule has 0 atom stereocenters. The predicted molar refractivity (Wildman–Crippen MR) is 131 cm³/mol. The highest BCUT2D eigenvalue weighted by Crippen LogP contribution is 2.40. The summed E-state index contributed by atoms with van der Waals surface area (Å²) in [6, 6.07) is 16.0. The van der Waals surface area contributed by atoms with Crippen molar-refractivity contribution >= 4 is 50.0 Å². The molecule has 0 saturated heterocycles. The maximum Gasteiger partial charge on any atom is 0.234 e. The highest BCUT2D eigenvalue weighted by molar-refractivity contribution is 9.10. The van der Waals surface area contributed by atoms with Crippen LogP contribution in [-0.2, 0) is 4.79 Å². The minimum Gasteiger partial charge on any atom is -0.325 e. The molecule has 1 amide bonds. The second kappa shape index (κ2) is 9.06. The van der Waals surface area contributed by atoms with Gasteiger partial charge >= 0.3 is 0 Å². The first-order chi connectivity index (χ1) is 14.4. The highest BCUT2D eigenvalue weighted by Gasteiger charge is 2.39. The second-order valence-electron chi connectivity index (χ2n) is 8.25. The number of aryl methyl sites for hydroxylation is 1. The third kappa shape index (κ3) is 5.03. The number of carbonyl (C=O) groups is 1. The zero-order valence-corrected chi connectivity index (χ0v) is 19.7. The van der Waals surface area contributed by atoms with E-state index in [-0.39, 0.29) is 11.6 Å². The van der Waals surface area contributed by atoms with Gasteiger partial charge in [0.15, 0.2) is 5.66 Å². The van der Waals surface area contributed by atoms with Gasteiger partial charge in [0.05, 0.1) is 11.5 Å². The van der Waals surface area contributed by atoms with Crippen molar-refractivity contribution in [2.75, 3.05) is 11.1 Å². The van der Waals surface area contributed by atoms with Crippen molar-refractivity contribution in [3.63, 3.8) is 0 Å². The maximum atomic E-state index is 12.5. The molecule has 6 heteroatoms. The van der Waals surface area contributed by atoms with Gasteiger partial charge in [-0.15, -0.1) is 0 Å². The molecule has 1 heterocycles. The molecule has 2 aromatic carbocycles. The number of nitrogens with one attached hydrogen (secondary N) is 1. The fourth-order valence-corrected chi connectivity index (χ4v) is 4.97. The smallest absolute Gasteiger partial charge is 0.234 e. The molecule has 0 aromatic heterocycles. The summed E-state index contributed by atoms with van der Waals surface area (Å²) in [7, 11) is 0. The Bertz CT molecular complexity index is 975. The quantitative estimate of drug-likeness (QED) is 0.559. The largest absolute Gasteiger partial charge is 0.325 e. The van der Waals surface area contributed by atoms with Gasteiger partial charge in [-0.05, 0) is 62.8 Å². The van der Waals surface area contributed by atoms with Crippen LogP contribution in [0.2, 0.25) is 0 Å². The number of halogens is 1. The summed E-state index contributed by atoms with van der Waals surface area (Å²) in [5.41, 5.74) is 3.62. The number of rotatable bonds is 4. The molecule has 1 aliphatic carbocycles. The van der Waals surface area contributed by atoms with E-state index in [0.717, 1.165) is 58.1 Å². The van der Waals surface area contributed by atoms with Crippen LogP contribution in [0.3, 0.4) is 0 Å². The lowest BCUT2D eigenvalue weighted by Gasteiger charge is -2.30. The fourth-order valence-electron chi connectivity index (χ4n) is 3.84. The van der Waals surface area contributed by atoms with Crippen LogP contribution >= 0.6 is 27.7 Å². The van der Waals surface area contributed by atoms with Gasteiger partial charge < -0.3 is 5.32 Å². The van der Waals surface area contributed by atoms with Crippen molar-refractivity contribution in [2.45, 2.75) is 45.2 Å². The molecular formula is C24H26BrN3OS. The number of aliphatic imine (C=N–C) groups is 2. The first-order valence-electron chi connectivity index (χ1n) is 10.4. The molecule has 0 unspecified atom stereocenters. The Kier molecular flexibility index (Phi) is 6.44. The van der Waals surface area contributed by atoms with Crippen molar-refractivity contribution in [3.8, 4) is 0 Å². The lowest BCUT2D eigenvalue weighted by Crippen LogP contribution is -2.28. The van der Waals surface area contributed by atoms with E-state index in [1.165, 1.54) is 17.3 Å². The monoisotopic (exact) mass is 483 g/mol. The lowest BCUT2D eigenvalue weighted by atomic mass is 9.83. The van der Waals surface area contributed by atoms with Gasteiger partial charge in [-0.25, -0.2) is 4.99 Å². The van der Waals surface area contributed by atoms with E-state index in [1.807, 2.05) is 43.3 Å². The lowest BCUT2D eigenvalue weighted by molar-refractivity contribution is -0.113. The molecule has 1 spiro atoms. The summed E-state index contributed by atoms with van der Waals surface area (Å²) >= 11 is 4.99. The normalized spacial score (nSPS) is 23.2. The number of anilines is 1. The summed E-state index contributed by atoms with van der Waals surface area (Å²) in [6.07, 6.45) is 4.25. The number of hydrogen-bond donors (Lipinski definition) is 1. The summed E-state index contributed by atoms with van der Waals surface area (Å²) < 4.78 is 1.04.